The number of rotatable bonds is 6. The van der Waals surface area contributed by atoms with Gasteiger partial charge in [-0.05, 0) is 23.8 Å². The second-order valence-corrected chi connectivity index (χ2v) is 5.18. The van der Waals surface area contributed by atoms with E-state index in [9.17, 15) is 9.18 Å². The Kier molecular flexibility index (Phi) is 4.51. The molecule has 0 radical (unpaired) electrons. The molecule has 0 unspecified atom stereocenters. The summed E-state index contributed by atoms with van der Waals surface area (Å²) in [6.45, 7) is 0.256. The number of hydrogen-bond donors (Lipinski definition) is 2. The molecule has 2 aromatic carbocycles. The van der Waals surface area contributed by atoms with E-state index in [1.54, 1.807) is 0 Å². The highest BCUT2D eigenvalue weighted by Gasteiger charge is 2.10. The molecule has 0 saturated carbocycles. The second-order valence-electron chi connectivity index (χ2n) is 5.18. The molecule has 1 heterocycles. The topological polar surface area (TPSA) is 94.0 Å². The van der Waals surface area contributed by atoms with Gasteiger partial charge in [0.1, 0.15) is 5.82 Å². The Balaban J connectivity index is 1.63. The Hall–Kier alpha value is -3.22. The molecule has 3 rings (SSSR count). The first-order valence-electron chi connectivity index (χ1n) is 7.30. The fourth-order valence-corrected chi connectivity index (χ4v) is 2.21. The number of nitrogens with zero attached hydrogens (tertiary/aromatic N) is 2. The van der Waals surface area contributed by atoms with Crippen LogP contribution in [0.4, 0.5) is 10.1 Å². The molecule has 122 valence electrons. The lowest BCUT2D eigenvalue weighted by Gasteiger charge is -2.05. The molecular formula is C17H15FN4O2. The summed E-state index contributed by atoms with van der Waals surface area (Å²) in [5.74, 6) is -0.504. The molecular weight excluding hydrogens is 311 g/mol. The van der Waals surface area contributed by atoms with Crippen molar-refractivity contribution in [1.29, 1.82) is 0 Å². The number of amides is 1. The van der Waals surface area contributed by atoms with Crippen molar-refractivity contribution < 1.29 is 13.7 Å². The van der Waals surface area contributed by atoms with Crippen LogP contribution in [0.3, 0.4) is 0 Å². The highest BCUT2D eigenvalue weighted by atomic mass is 19.1. The van der Waals surface area contributed by atoms with Crippen molar-refractivity contribution in [3.63, 3.8) is 0 Å². The Labute approximate surface area is 137 Å². The number of hydrogen-bond acceptors (Lipinski definition) is 5. The zero-order valence-electron chi connectivity index (χ0n) is 12.7. The number of carbonyl (C=O) groups is 1. The van der Waals surface area contributed by atoms with Crippen LogP contribution < -0.4 is 11.1 Å². The molecule has 0 aliphatic carbocycles. The summed E-state index contributed by atoms with van der Waals surface area (Å²) >= 11 is 0. The second kappa shape index (κ2) is 6.91. The van der Waals surface area contributed by atoms with Gasteiger partial charge in [0.15, 0.2) is 5.82 Å². The van der Waals surface area contributed by atoms with Crippen LogP contribution in [0, 0.1) is 5.82 Å². The maximum absolute atomic E-state index is 13.4. The molecule has 0 aliphatic rings. The minimum absolute atomic E-state index is 0.171. The molecule has 3 aromatic rings. The van der Waals surface area contributed by atoms with Gasteiger partial charge in [0.2, 0.25) is 5.89 Å². The largest absolute Gasteiger partial charge is 0.376 e. The Morgan fingerprint density at radius 2 is 2.00 bits per heavy atom. The zero-order chi connectivity index (χ0) is 16.9. The van der Waals surface area contributed by atoms with Crippen molar-refractivity contribution in [2.45, 2.75) is 13.0 Å². The van der Waals surface area contributed by atoms with E-state index in [1.807, 2.05) is 30.3 Å². The van der Waals surface area contributed by atoms with Crippen LogP contribution >= 0.6 is 0 Å². The number of nitrogens with two attached hydrogens (primary N) is 1. The first-order valence-corrected chi connectivity index (χ1v) is 7.30. The van der Waals surface area contributed by atoms with Crippen LogP contribution in [0.1, 0.15) is 27.6 Å². The predicted octanol–water partition coefficient (Wildman–Crippen LogP) is 2.51. The van der Waals surface area contributed by atoms with Gasteiger partial charge in [0.05, 0.1) is 12.1 Å². The number of aromatic nitrogens is 2. The van der Waals surface area contributed by atoms with E-state index >= 15 is 0 Å². The molecule has 24 heavy (non-hydrogen) atoms. The number of benzene rings is 2. The lowest BCUT2D eigenvalue weighted by atomic mass is 10.1. The number of nitrogens with one attached hydrogen (secondary N) is 1. The molecule has 1 amide bonds. The predicted molar refractivity (Wildman–Crippen MR) is 85.8 cm³/mol. The van der Waals surface area contributed by atoms with Crippen LogP contribution in [-0.2, 0) is 13.0 Å². The van der Waals surface area contributed by atoms with Gasteiger partial charge < -0.3 is 15.6 Å². The van der Waals surface area contributed by atoms with Crippen LogP contribution in [0.5, 0.6) is 0 Å². The Morgan fingerprint density at radius 1 is 1.21 bits per heavy atom. The minimum Gasteiger partial charge on any atom is -0.376 e. The van der Waals surface area contributed by atoms with Crippen molar-refractivity contribution in [1.82, 2.24) is 10.1 Å². The maximum atomic E-state index is 13.4. The minimum atomic E-state index is -0.820. The molecule has 0 bridgehead atoms. The first kappa shape index (κ1) is 15.7. The van der Waals surface area contributed by atoms with Gasteiger partial charge in [-0.3, -0.25) is 4.79 Å². The van der Waals surface area contributed by atoms with E-state index in [0.29, 0.717) is 23.8 Å². The molecule has 0 atom stereocenters. The quantitative estimate of drug-likeness (QED) is 0.726. The van der Waals surface area contributed by atoms with E-state index in [1.165, 1.54) is 18.2 Å². The summed E-state index contributed by atoms with van der Waals surface area (Å²) in [5.41, 5.74) is 6.57. The zero-order valence-corrected chi connectivity index (χ0v) is 12.7. The average molecular weight is 326 g/mol. The summed E-state index contributed by atoms with van der Waals surface area (Å²) < 4.78 is 18.6. The van der Waals surface area contributed by atoms with Crippen LogP contribution in [0.25, 0.3) is 0 Å². The molecule has 0 fully saturated rings. The highest BCUT2D eigenvalue weighted by molar-refractivity contribution is 5.94. The summed E-state index contributed by atoms with van der Waals surface area (Å²) in [5, 5.41) is 6.91. The number of primary amides is 1. The van der Waals surface area contributed by atoms with Crippen LogP contribution in [0.15, 0.2) is 53.1 Å². The number of carbonyl (C=O) groups excluding carboxylic acids is 1. The molecule has 0 aliphatic heterocycles. The van der Waals surface area contributed by atoms with E-state index in [0.717, 1.165) is 5.56 Å². The number of halogens is 1. The normalized spacial score (nSPS) is 10.5. The van der Waals surface area contributed by atoms with E-state index in [2.05, 4.69) is 15.5 Å². The molecule has 0 spiro atoms. The van der Waals surface area contributed by atoms with Gasteiger partial charge in [-0.2, -0.15) is 4.98 Å². The van der Waals surface area contributed by atoms with Gasteiger partial charge in [-0.25, -0.2) is 4.39 Å². The van der Waals surface area contributed by atoms with Gasteiger partial charge in [-0.15, -0.1) is 0 Å². The molecule has 6 nitrogen and oxygen atoms in total. The van der Waals surface area contributed by atoms with E-state index in [4.69, 9.17) is 10.3 Å². The first-order chi connectivity index (χ1) is 11.6. The van der Waals surface area contributed by atoms with E-state index in [-0.39, 0.29) is 12.1 Å². The van der Waals surface area contributed by atoms with Crippen molar-refractivity contribution in [3.8, 4) is 0 Å². The average Bonchev–Trinajstić information content (AvgIpc) is 3.02. The van der Waals surface area contributed by atoms with Crippen LogP contribution in [0.2, 0.25) is 0 Å². The highest BCUT2D eigenvalue weighted by Crippen LogP contribution is 2.15. The fourth-order valence-electron chi connectivity index (χ4n) is 2.21. The van der Waals surface area contributed by atoms with Crippen molar-refractivity contribution in [3.05, 3.63) is 77.2 Å². The number of anilines is 1. The third kappa shape index (κ3) is 3.75. The lowest BCUT2D eigenvalue weighted by Crippen LogP contribution is -2.13. The third-order valence-electron chi connectivity index (χ3n) is 3.39. The van der Waals surface area contributed by atoms with Gasteiger partial charge >= 0.3 is 0 Å². The molecule has 0 saturated heterocycles. The summed E-state index contributed by atoms with van der Waals surface area (Å²) in [6.07, 6.45) is 0.576. The maximum Gasteiger partial charge on any atom is 0.251 e. The fraction of sp³-hybridized carbons (Fsp3) is 0.118. The monoisotopic (exact) mass is 326 g/mol. The Bertz CT molecular complexity index is 849. The summed E-state index contributed by atoms with van der Waals surface area (Å²) in [4.78, 5) is 15.4. The van der Waals surface area contributed by atoms with Crippen molar-refractivity contribution in [2.24, 2.45) is 5.73 Å². The smallest absolute Gasteiger partial charge is 0.251 e. The molecule has 3 N–H and O–H groups in total. The lowest BCUT2D eigenvalue weighted by molar-refractivity contribution is 0.0996. The molecule has 7 heteroatoms. The third-order valence-corrected chi connectivity index (χ3v) is 3.39. The van der Waals surface area contributed by atoms with Gasteiger partial charge in [-0.1, -0.05) is 35.5 Å². The summed E-state index contributed by atoms with van der Waals surface area (Å²) in [6, 6.07) is 13.8. The van der Waals surface area contributed by atoms with Crippen molar-refractivity contribution >= 4 is 11.6 Å². The molecule has 1 aromatic heterocycles. The summed E-state index contributed by atoms with van der Waals surface area (Å²) in [7, 11) is 0. The van der Waals surface area contributed by atoms with Gasteiger partial charge in [0.25, 0.3) is 5.91 Å². The SMILES string of the molecule is NC(=O)c1cc(NCc2nc(Cc3ccccc3)no2)ccc1F. The van der Waals surface area contributed by atoms with Crippen molar-refractivity contribution in [2.75, 3.05) is 5.32 Å². The van der Waals surface area contributed by atoms with Crippen LogP contribution in [-0.4, -0.2) is 16.0 Å². The Morgan fingerprint density at radius 3 is 2.75 bits per heavy atom. The van der Waals surface area contributed by atoms with E-state index < -0.39 is 11.7 Å². The standard InChI is InChI=1S/C17H15FN4O2/c18-14-7-6-12(9-13(14)17(19)23)20-10-16-21-15(22-24-16)8-11-4-2-1-3-5-11/h1-7,9,20H,8,10H2,(H2,19,23). The van der Waals surface area contributed by atoms with Gasteiger partial charge in [0, 0.05) is 12.1 Å².